The van der Waals surface area contributed by atoms with Gasteiger partial charge in [-0.25, -0.2) is 0 Å². The summed E-state index contributed by atoms with van der Waals surface area (Å²) in [4.78, 5) is 11.2. The highest BCUT2D eigenvalue weighted by molar-refractivity contribution is 5.69. The Morgan fingerprint density at radius 1 is 0.947 bits per heavy atom. The Bertz CT molecular complexity index is 224. The van der Waals surface area contributed by atoms with Crippen LogP contribution in [0.25, 0.3) is 0 Å². The van der Waals surface area contributed by atoms with Crippen LogP contribution in [0.15, 0.2) is 12.2 Å². The van der Waals surface area contributed by atoms with Gasteiger partial charge < -0.3 is 9.47 Å². The molecule has 19 heavy (non-hydrogen) atoms. The maximum absolute atomic E-state index is 11.2. The Morgan fingerprint density at radius 3 is 2.53 bits per heavy atom. The monoisotopic (exact) mass is 270 g/mol. The lowest BCUT2D eigenvalue weighted by Crippen LogP contribution is -2.04. The van der Waals surface area contributed by atoms with Crippen LogP contribution in [0, 0.1) is 0 Å². The number of hydrogen-bond acceptors (Lipinski definition) is 3. The largest absolute Gasteiger partial charge is 0.466 e. The van der Waals surface area contributed by atoms with Crippen LogP contribution in [0.1, 0.15) is 65.2 Å². The van der Waals surface area contributed by atoms with Crippen molar-refractivity contribution in [3.8, 4) is 0 Å². The van der Waals surface area contributed by atoms with Gasteiger partial charge in [-0.3, -0.25) is 4.79 Å². The van der Waals surface area contributed by atoms with E-state index in [1.165, 1.54) is 6.42 Å². The van der Waals surface area contributed by atoms with E-state index in [0.717, 1.165) is 51.7 Å². The van der Waals surface area contributed by atoms with Gasteiger partial charge >= 0.3 is 5.97 Å². The Balaban J connectivity index is 3.17. The van der Waals surface area contributed by atoms with Crippen LogP contribution in [0.2, 0.25) is 0 Å². The van der Waals surface area contributed by atoms with Crippen molar-refractivity contribution in [1.29, 1.82) is 0 Å². The zero-order valence-corrected chi connectivity index (χ0v) is 12.7. The van der Waals surface area contributed by atoms with Gasteiger partial charge in [0.25, 0.3) is 0 Å². The zero-order chi connectivity index (χ0) is 14.2. The summed E-state index contributed by atoms with van der Waals surface area (Å²) in [5.41, 5.74) is 0. The van der Waals surface area contributed by atoms with Gasteiger partial charge in [-0.1, -0.05) is 38.8 Å². The summed E-state index contributed by atoms with van der Waals surface area (Å²) in [7, 11) is 0. The third-order valence-corrected chi connectivity index (χ3v) is 2.74. The minimum absolute atomic E-state index is 0.0540. The molecule has 112 valence electrons. The van der Waals surface area contributed by atoms with Crippen LogP contribution >= 0.6 is 0 Å². The van der Waals surface area contributed by atoms with E-state index in [-0.39, 0.29) is 5.97 Å². The summed E-state index contributed by atoms with van der Waals surface area (Å²) in [6.45, 7) is 6.31. The lowest BCUT2D eigenvalue weighted by atomic mass is 10.1. The van der Waals surface area contributed by atoms with Gasteiger partial charge in [-0.05, 0) is 32.1 Å². The highest BCUT2D eigenvalue weighted by Gasteiger charge is 2.00. The summed E-state index contributed by atoms with van der Waals surface area (Å²) < 4.78 is 10.4. The molecule has 0 radical (unpaired) electrons. The molecule has 0 heterocycles. The Morgan fingerprint density at radius 2 is 1.79 bits per heavy atom. The number of carbonyl (C=O) groups excluding carboxylic acids is 1. The molecule has 0 unspecified atom stereocenters. The average molecular weight is 270 g/mol. The molecule has 0 amide bonds. The number of unbranched alkanes of at least 4 members (excludes halogenated alkanes) is 4. The van der Waals surface area contributed by atoms with Gasteiger partial charge in [-0.2, -0.15) is 0 Å². The first-order chi connectivity index (χ1) is 9.31. The molecule has 3 heteroatoms. The van der Waals surface area contributed by atoms with Crippen molar-refractivity contribution in [1.82, 2.24) is 0 Å². The number of hydrogen-bond donors (Lipinski definition) is 0. The molecule has 0 rings (SSSR count). The van der Waals surface area contributed by atoms with Crippen molar-refractivity contribution in [2.45, 2.75) is 65.2 Å². The van der Waals surface area contributed by atoms with Crippen molar-refractivity contribution in [2.75, 3.05) is 19.8 Å². The van der Waals surface area contributed by atoms with E-state index < -0.39 is 0 Å². The van der Waals surface area contributed by atoms with Crippen molar-refractivity contribution < 1.29 is 14.3 Å². The number of esters is 1. The summed E-state index contributed by atoms with van der Waals surface area (Å²) in [5, 5.41) is 0. The molecular formula is C16H30O3. The van der Waals surface area contributed by atoms with Gasteiger partial charge in [0.15, 0.2) is 0 Å². The highest BCUT2D eigenvalue weighted by atomic mass is 16.5. The van der Waals surface area contributed by atoms with Crippen LogP contribution in [0.5, 0.6) is 0 Å². The maximum atomic E-state index is 11.2. The molecule has 0 aliphatic heterocycles. The van der Waals surface area contributed by atoms with Gasteiger partial charge in [0, 0.05) is 13.0 Å². The van der Waals surface area contributed by atoms with Gasteiger partial charge in [0.2, 0.25) is 0 Å². The zero-order valence-electron chi connectivity index (χ0n) is 12.7. The van der Waals surface area contributed by atoms with Crippen molar-refractivity contribution in [2.24, 2.45) is 0 Å². The SMILES string of the molecule is CCCCOC/C=C/CCCCCC(=O)OCCC. The number of carbonyl (C=O) groups is 1. The smallest absolute Gasteiger partial charge is 0.305 e. The standard InChI is InChI=1S/C16H30O3/c1-3-5-14-18-15-11-9-7-6-8-10-12-16(17)19-13-4-2/h9,11H,3-8,10,12-15H2,1-2H3/b11-9+. The lowest BCUT2D eigenvalue weighted by molar-refractivity contribution is -0.143. The van der Waals surface area contributed by atoms with Crippen LogP contribution in [0.4, 0.5) is 0 Å². The Hall–Kier alpha value is -0.830. The summed E-state index contributed by atoms with van der Waals surface area (Å²) in [5.74, 6) is -0.0540. The molecule has 0 bridgehead atoms. The van der Waals surface area contributed by atoms with E-state index in [0.29, 0.717) is 13.0 Å². The third-order valence-electron chi connectivity index (χ3n) is 2.74. The second-order valence-electron chi connectivity index (χ2n) is 4.72. The van der Waals surface area contributed by atoms with Gasteiger partial charge in [0.1, 0.15) is 0 Å². The molecule has 0 aromatic heterocycles. The Kier molecular flexibility index (Phi) is 14.6. The normalized spacial score (nSPS) is 11.1. The fourth-order valence-corrected chi connectivity index (χ4v) is 1.58. The molecule has 0 N–H and O–H groups in total. The van der Waals surface area contributed by atoms with Crippen molar-refractivity contribution >= 4 is 5.97 Å². The van der Waals surface area contributed by atoms with Crippen LogP contribution in [-0.4, -0.2) is 25.8 Å². The van der Waals surface area contributed by atoms with E-state index in [1.54, 1.807) is 0 Å². The van der Waals surface area contributed by atoms with Crippen molar-refractivity contribution in [3.63, 3.8) is 0 Å². The van der Waals surface area contributed by atoms with Crippen molar-refractivity contribution in [3.05, 3.63) is 12.2 Å². The fraction of sp³-hybridized carbons (Fsp3) is 0.812. The van der Waals surface area contributed by atoms with E-state index in [2.05, 4.69) is 19.1 Å². The summed E-state index contributed by atoms with van der Waals surface area (Å²) in [6, 6.07) is 0. The fourth-order valence-electron chi connectivity index (χ4n) is 1.58. The summed E-state index contributed by atoms with van der Waals surface area (Å²) >= 11 is 0. The highest BCUT2D eigenvalue weighted by Crippen LogP contribution is 2.05. The molecule has 0 fully saturated rings. The molecule has 0 aromatic carbocycles. The van der Waals surface area contributed by atoms with Crippen LogP contribution in [-0.2, 0) is 14.3 Å². The summed E-state index contributed by atoms with van der Waals surface area (Å²) in [6.07, 6.45) is 12.3. The van der Waals surface area contributed by atoms with Gasteiger partial charge in [0.05, 0.1) is 13.2 Å². The molecule has 0 saturated carbocycles. The van der Waals surface area contributed by atoms with E-state index in [4.69, 9.17) is 9.47 Å². The number of rotatable bonds is 13. The third kappa shape index (κ3) is 15.1. The maximum Gasteiger partial charge on any atom is 0.305 e. The Labute approximate surface area is 118 Å². The molecule has 0 aliphatic carbocycles. The molecule has 0 atom stereocenters. The number of ether oxygens (including phenoxy) is 2. The molecule has 0 saturated heterocycles. The molecule has 0 spiro atoms. The predicted octanol–water partition coefficient (Wildman–Crippen LogP) is 4.26. The van der Waals surface area contributed by atoms with Crippen LogP contribution < -0.4 is 0 Å². The lowest BCUT2D eigenvalue weighted by Gasteiger charge is -2.02. The van der Waals surface area contributed by atoms with E-state index in [9.17, 15) is 4.79 Å². The van der Waals surface area contributed by atoms with Gasteiger partial charge in [-0.15, -0.1) is 0 Å². The number of allylic oxidation sites excluding steroid dienone is 1. The van der Waals surface area contributed by atoms with Crippen LogP contribution in [0.3, 0.4) is 0 Å². The second-order valence-corrected chi connectivity index (χ2v) is 4.72. The predicted molar refractivity (Wildman–Crippen MR) is 79.2 cm³/mol. The molecular weight excluding hydrogens is 240 g/mol. The molecule has 0 aromatic rings. The first-order valence-corrected chi connectivity index (χ1v) is 7.69. The second kappa shape index (κ2) is 15.2. The topological polar surface area (TPSA) is 35.5 Å². The first kappa shape index (κ1) is 18.2. The molecule has 0 aliphatic rings. The minimum atomic E-state index is -0.0540. The van der Waals surface area contributed by atoms with E-state index in [1.807, 2.05) is 6.92 Å². The quantitative estimate of drug-likeness (QED) is 0.285. The molecule has 3 nitrogen and oxygen atoms in total. The first-order valence-electron chi connectivity index (χ1n) is 7.69. The average Bonchev–Trinajstić information content (AvgIpc) is 2.42. The minimum Gasteiger partial charge on any atom is -0.466 e. The van der Waals surface area contributed by atoms with E-state index >= 15 is 0 Å².